The number of aromatic nitrogens is 2. The summed E-state index contributed by atoms with van der Waals surface area (Å²) < 4.78 is 0. The Morgan fingerprint density at radius 2 is 2.18 bits per heavy atom. The molecule has 1 aromatic heterocycles. The lowest BCUT2D eigenvalue weighted by Gasteiger charge is -2.00. The third-order valence-corrected chi connectivity index (χ3v) is 1.38. The molecule has 0 aromatic carbocycles. The van der Waals surface area contributed by atoms with E-state index in [0.717, 1.165) is 5.69 Å². The fourth-order valence-corrected chi connectivity index (χ4v) is 0.738. The molecule has 3 heteroatoms. The molecular weight excluding hydrogens is 138 g/mol. The van der Waals surface area contributed by atoms with E-state index in [0.29, 0.717) is 11.7 Å². The Hall–Kier alpha value is -1.43. The molecule has 1 heterocycles. The summed E-state index contributed by atoms with van der Waals surface area (Å²) in [6.07, 6.45) is 1.43. The molecule has 0 aliphatic carbocycles. The van der Waals surface area contributed by atoms with Crippen LogP contribution in [0.4, 0.5) is 5.82 Å². The third-order valence-electron chi connectivity index (χ3n) is 1.38. The van der Waals surface area contributed by atoms with Crippen molar-refractivity contribution in [1.29, 1.82) is 0 Å². The summed E-state index contributed by atoms with van der Waals surface area (Å²) in [6.45, 7) is 10.8. The van der Waals surface area contributed by atoms with Gasteiger partial charge in [0.15, 0.2) is 0 Å². The van der Waals surface area contributed by atoms with Gasteiger partial charge in [-0.3, -0.25) is 0 Å². The Morgan fingerprint density at radius 1 is 1.45 bits per heavy atom. The summed E-state index contributed by atoms with van der Waals surface area (Å²) in [5, 5.41) is 0. The van der Waals surface area contributed by atoms with Crippen LogP contribution >= 0.6 is 0 Å². The minimum absolute atomic E-state index is 0.360. The van der Waals surface area contributed by atoms with E-state index in [-0.39, 0.29) is 0 Å². The predicted octanol–water partition coefficient (Wildman–Crippen LogP) is 2.15. The van der Waals surface area contributed by atoms with Crippen LogP contribution in [0.3, 0.4) is 0 Å². The SMILES string of the molecule is [C-]#[N+]c1cc(C(C)C)ncn1. The minimum atomic E-state index is 0.360. The van der Waals surface area contributed by atoms with Crippen molar-refractivity contribution in [2.75, 3.05) is 0 Å². The summed E-state index contributed by atoms with van der Waals surface area (Å²) in [4.78, 5) is 11.0. The smallest absolute Gasteiger partial charge is 0.273 e. The average Bonchev–Trinajstić information content (AvgIpc) is 2.05. The molecule has 0 atom stereocenters. The zero-order valence-electron chi connectivity index (χ0n) is 6.57. The van der Waals surface area contributed by atoms with Crippen LogP contribution < -0.4 is 0 Å². The van der Waals surface area contributed by atoms with Crippen molar-refractivity contribution in [1.82, 2.24) is 9.97 Å². The van der Waals surface area contributed by atoms with Gasteiger partial charge < -0.3 is 4.85 Å². The van der Waals surface area contributed by atoms with E-state index in [1.165, 1.54) is 6.33 Å². The quantitative estimate of drug-likeness (QED) is 0.570. The summed E-state index contributed by atoms with van der Waals surface area (Å²) in [5.74, 6) is 0.780. The third kappa shape index (κ3) is 1.74. The monoisotopic (exact) mass is 147 g/mol. The zero-order chi connectivity index (χ0) is 8.27. The van der Waals surface area contributed by atoms with Crippen LogP contribution in [0.15, 0.2) is 12.4 Å². The Bertz CT molecular complexity index is 286. The minimum Gasteiger partial charge on any atom is -0.361 e. The maximum atomic E-state index is 6.72. The molecule has 0 fully saturated rings. The van der Waals surface area contributed by atoms with E-state index in [2.05, 4.69) is 14.8 Å². The van der Waals surface area contributed by atoms with Crippen LogP contribution in [-0.4, -0.2) is 9.97 Å². The summed E-state index contributed by atoms with van der Waals surface area (Å²) in [6, 6.07) is 1.72. The molecule has 11 heavy (non-hydrogen) atoms. The van der Waals surface area contributed by atoms with Gasteiger partial charge in [-0.05, 0) is 12.0 Å². The maximum Gasteiger partial charge on any atom is 0.273 e. The van der Waals surface area contributed by atoms with Gasteiger partial charge in [0.25, 0.3) is 5.82 Å². The van der Waals surface area contributed by atoms with E-state index in [1.807, 2.05) is 13.8 Å². The Balaban J connectivity index is 3.03. The molecular formula is C8H9N3. The highest BCUT2D eigenvalue weighted by molar-refractivity contribution is 5.36. The van der Waals surface area contributed by atoms with Gasteiger partial charge in [-0.15, -0.1) is 4.98 Å². The van der Waals surface area contributed by atoms with Gasteiger partial charge in [0.05, 0.1) is 0 Å². The molecule has 1 aromatic rings. The highest BCUT2D eigenvalue weighted by atomic mass is 14.9. The Morgan fingerprint density at radius 3 is 2.73 bits per heavy atom. The van der Waals surface area contributed by atoms with Gasteiger partial charge in [0.2, 0.25) is 6.33 Å². The lowest BCUT2D eigenvalue weighted by atomic mass is 10.1. The predicted molar refractivity (Wildman–Crippen MR) is 42.4 cm³/mol. The number of nitrogens with zero attached hydrogens (tertiary/aromatic N) is 3. The molecule has 0 spiro atoms. The molecule has 0 aliphatic heterocycles. The second kappa shape index (κ2) is 3.11. The van der Waals surface area contributed by atoms with E-state index in [9.17, 15) is 0 Å². The molecule has 0 saturated carbocycles. The molecule has 56 valence electrons. The van der Waals surface area contributed by atoms with E-state index in [1.54, 1.807) is 6.07 Å². The standard InChI is InChI=1S/C8H9N3/c1-6(2)7-4-8(9-3)11-5-10-7/h4-6H,1-2H3. The molecule has 0 amide bonds. The number of hydrogen-bond donors (Lipinski definition) is 0. The van der Waals surface area contributed by atoms with Crippen molar-refractivity contribution in [3.63, 3.8) is 0 Å². The Kier molecular flexibility index (Phi) is 2.17. The van der Waals surface area contributed by atoms with Crippen LogP contribution in [0.1, 0.15) is 25.5 Å². The van der Waals surface area contributed by atoms with Gasteiger partial charge in [-0.25, -0.2) is 4.98 Å². The van der Waals surface area contributed by atoms with Gasteiger partial charge in [-0.1, -0.05) is 20.4 Å². The van der Waals surface area contributed by atoms with Crippen molar-refractivity contribution < 1.29 is 0 Å². The molecule has 0 radical (unpaired) electrons. The highest BCUT2D eigenvalue weighted by Gasteiger charge is 2.01. The summed E-state index contributed by atoms with van der Waals surface area (Å²) in [7, 11) is 0. The Labute approximate surface area is 65.9 Å². The first-order chi connectivity index (χ1) is 5.24. The average molecular weight is 147 g/mol. The van der Waals surface area contributed by atoms with Crippen LogP contribution in [-0.2, 0) is 0 Å². The van der Waals surface area contributed by atoms with Gasteiger partial charge >= 0.3 is 0 Å². The lowest BCUT2D eigenvalue weighted by Crippen LogP contribution is -1.91. The largest absolute Gasteiger partial charge is 0.361 e. The first-order valence-corrected chi connectivity index (χ1v) is 3.43. The second-order valence-electron chi connectivity index (χ2n) is 2.57. The van der Waals surface area contributed by atoms with Crippen LogP contribution in [0.5, 0.6) is 0 Å². The topological polar surface area (TPSA) is 30.1 Å². The second-order valence-corrected chi connectivity index (χ2v) is 2.57. The summed E-state index contributed by atoms with van der Waals surface area (Å²) in [5.41, 5.74) is 0.922. The van der Waals surface area contributed by atoms with Crippen molar-refractivity contribution in [3.8, 4) is 0 Å². The number of hydrogen-bond acceptors (Lipinski definition) is 2. The van der Waals surface area contributed by atoms with Crippen molar-refractivity contribution >= 4 is 5.82 Å². The zero-order valence-corrected chi connectivity index (χ0v) is 6.57. The van der Waals surface area contributed by atoms with Crippen LogP contribution in [0, 0.1) is 6.57 Å². The van der Waals surface area contributed by atoms with Gasteiger partial charge in [0, 0.05) is 5.69 Å². The molecule has 1 rings (SSSR count). The molecule has 3 nitrogen and oxygen atoms in total. The van der Waals surface area contributed by atoms with Crippen molar-refractivity contribution in [2.24, 2.45) is 0 Å². The number of rotatable bonds is 1. The maximum absolute atomic E-state index is 6.72. The highest BCUT2D eigenvalue weighted by Crippen LogP contribution is 2.14. The molecule has 0 saturated heterocycles. The molecule has 0 aliphatic rings. The lowest BCUT2D eigenvalue weighted by molar-refractivity contribution is 0.816. The van der Waals surface area contributed by atoms with E-state index >= 15 is 0 Å². The first-order valence-electron chi connectivity index (χ1n) is 3.43. The van der Waals surface area contributed by atoms with Crippen LogP contribution in [0.25, 0.3) is 4.85 Å². The van der Waals surface area contributed by atoms with Gasteiger partial charge in [-0.2, -0.15) is 0 Å². The van der Waals surface area contributed by atoms with Gasteiger partial charge in [0.1, 0.15) is 0 Å². The van der Waals surface area contributed by atoms with Crippen LogP contribution in [0.2, 0.25) is 0 Å². The fraction of sp³-hybridized carbons (Fsp3) is 0.375. The molecule has 0 bridgehead atoms. The summed E-state index contributed by atoms with van der Waals surface area (Å²) >= 11 is 0. The molecule has 0 N–H and O–H groups in total. The van der Waals surface area contributed by atoms with Crippen molar-refractivity contribution in [2.45, 2.75) is 19.8 Å². The van der Waals surface area contributed by atoms with E-state index < -0.39 is 0 Å². The van der Waals surface area contributed by atoms with E-state index in [4.69, 9.17) is 6.57 Å². The first kappa shape index (κ1) is 7.67. The van der Waals surface area contributed by atoms with Crippen molar-refractivity contribution in [3.05, 3.63) is 29.5 Å². The fourth-order valence-electron chi connectivity index (χ4n) is 0.738. The molecule has 0 unspecified atom stereocenters. The normalized spacial score (nSPS) is 9.64.